The molecule has 0 aromatic heterocycles. The lowest BCUT2D eigenvalue weighted by molar-refractivity contribution is -0.123. The van der Waals surface area contributed by atoms with Gasteiger partial charge >= 0.3 is 0 Å². The van der Waals surface area contributed by atoms with Crippen molar-refractivity contribution in [1.29, 1.82) is 0 Å². The standard InChI is InChI=1S/C13H21NO/c1-5-10-9(3)7-8-11(12(14)15)13(10,4)6-2/h7-8,11H,5-6H2,1-4H3,(H2,14,15). The van der Waals surface area contributed by atoms with Crippen LogP contribution in [0.25, 0.3) is 0 Å². The number of carbonyl (C=O) groups excluding carboxylic acids is 1. The summed E-state index contributed by atoms with van der Waals surface area (Å²) in [6.07, 6.45) is 5.93. The second kappa shape index (κ2) is 4.21. The van der Waals surface area contributed by atoms with Crippen LogP contribution in [0, 0.1) is 11.3 Å². The van der Waals surface area contributed by atoms with E-state index in [1.807, 2.05) is 12.2 Å². The van der Waals surface area contributed by atoms with Crippen molar-refractivity contribution >= 4 is 5.91 Å². The molecule has 0 aromatic carbocycles. The fourth-order valence-corrected chi connectivity index (χ4v) is 2.72. The highest BCUT2D eigenvalue weighted by Crippen LogP contribution is 2.45. The topological polar surface area (TPSA) is 43.1 Å². The van der Waals surface area contributed by atoms with Crippen LogP contribution in [0.15, 0.2) is 23.3 Å². The first kappa shape index (κ1) is 12.0. The van der Waals surface area contributed by atoms with Crippen molar-refractivity contribution in [2.45, 2.75) is 40.5 Å². The summed E-state index contributed by atoms with van der Waals surface area (Å²) in [4.78, 5) is 11.4. The van der Waals surface area contributed by atoms with Gasteiger partial charge in [0.2, 0.25) is 5.91 Å². The highest BCUT2D eigenvalue weighted by atomic mass is 16.1. The average molecular weight is 207 g/mol. The Morgan fingerprint density at radius 2 is 2.13 bits per heavy atom. The van der Waals surface area contributed by atoms with Crippen LogP contribution in [0.3, 0.4) is 0 Å². The molecule has 1 rings (SSSR count). The van der Waals surface area contributed by atoms with E-state index >= 15 is 0 Å². The third-order valence-corrected chi connectivity index (χ3v) is 3.79. The Labute approximate surface area is 92.2 Å². The molecule has 0 aliphatic heterocycles. The second-order valence-electron chi connectivity index (χ2n) is 4.53. The Morgan fingerprint density at radius 1 is 1.53 bits per heavy atom. The molecule has 15 heavy (non-hydrogen) atoms. The van der Waals surface area contributed by atoms with E-state index in [-0.39, 0.29) is 17.2 Å². The molecule has 0 bridgehead atoms. The maximum Gasteiger partial charge on any atom is 0.225 e. The Hall–Kier alpha value is -1.05. The van der Waals surface area contributed by atoms with Gasteiger partial charge in [0, 0.05) is 5.41 Å². The van der Waals surface area contributed by atoms with E-state index in [0.29, 0.717) is 0 Å². The zero-order valence-electron chi connectivity index (χ0n) is 10.1. The lowest BCUT2D eigenvalue weighted by atomic mass is 9.64. The number of amides is 1. The molecule has 2 unspecified atom stereocenters. The smallest absolute Gasteiger partial charge is 0.225 e. The van der Waals surface area contributed by atoms with E-state index in [1.54, 1.807) is 0 Å². The number of hydrogen-bond donors (Lipinski definition) is 1. The van der Waals surface area contributed by atoms with Crippen molar-refractivity contribution < 1.29 is 4.79 Å². The number of carbonyl (C=O) groups is 1. The van der Waals surface area contributed by atoms with E-state index in [1.165, 1.54) is 11.1 Å². The molecule has 0 radical (unpaired) electrons. The Morgan fingerprint density at radius 3 is 2.53 bits per heavy atom. The third-order valence-electron chi connectivity index (χ3n) is 3.79. The highest BCUT2D eigenvalue weighted by molar-refractivity contribution is 5.80. The molecule has 2 nitrogen and oxygen atoms in total. The first-order valence-corrected chi connectivity index (χ1v) is 5.65. The fraction of sp³-hybridized carbons (Fsp3) is 0.615. The van der Waals surface area contributed by atoms with Crippen LogP contribution in [-0.4, -0.2) is 5.91 Å². The molecule has 2 N–H and O–H groups in total. The van der Waals surface area contributed by atoms with Gasteiger partial charge in [-0.15, -0.1) is 0 Å². The van der Waals surface area contributed by atoms with Gasteiger partial charge in [0.15, 0.2) is 0 Å². The molecular weight excluding hydrogens is 186 g/mol. The minimum absolute atomic E-state index is 0.0839. The molecule has 1 amide bonds. The van der Waals surface area contributed by atoms with Crippen LogP contribution >= 0.6 is 0 Å². The van der Waals surface area contributed by atoms with Crippen LogP contribution in [0.5, 0.6) is 0 Å². The predicted octanol–water partition coefficient (Wildman–Crippen LogP) is 2.80. The summed E-state index contributed by atoms with van der Waals surface area (Å²) >= 11 is 0. The lowest BCUT2D eigenvalue weighted by Crippen LogP contribution is -2.39. The Balaban J connectivity index is 3.22. The molecule has 1 aliphatic carbocycles. The van der Waals surface area contributed by atoms with E-state index in [9.17, 15) is 4.79 Å². The number of rotatable bonds is 3. The Bertz CT molecular complexity index is 327. The molecule has 1 aliphatic rings. The predicted molar refractivity (Wildman–Crippen MR) is 63.2 cm³/mol. The molecule has 0 fully saturated rings. The maximum atomic E-state index is 11.4. The van der Waals surface area contributed by atoms with Crippen molar-refractivity contribution in [2.75, 3.05) is 0 Å². The molecule has 0 saturated heterocycles. The average Bonchev–Trinajstić information content (AvgIpc) is 2.17. The minimum atomic E-state index is -0.214. The lowest BCUT2D eigenvalue weighted by Gasteiger charge is -2.39. The van der Waals surface area contributed by atoms with Gasteiger partial charge in [-0.1, -0.05) is 44.1 Å². The minimum Gasteiger partial charge on any atom is -0.369 e. The van der Waals surface area contributed by atoms with Crippen molar-refractivity contribution in [3.05, 3.63) is 23.3 Å². The van der Waals surface area contributed by atoms with E-state index < -0.39 is 0 Å². The van der Waals surface area contributed by atoms with Gasteiger partial charge in [-0.25, -0.2) is 0 Å². The zero-order chi connectivity index (χ0) is 11.6. The monoisotopic (exact) mass is 207 g/mol. The summed E-state index contributed by atoms with van der Waals surface area (Å²) in [6, 6.07) is 0. The number of nitrogens with two attached hydrogens (primary N) is 1. The molecule has 2 heteroatoms. The van der Waals surface area contributed by atoms with E-state index in [4.69, 9.17) is 5.73 Å². The van der Waals surface area contributed by atoms with Crippen LogP contribution in [0.2, 0.25) is 0 Å². The van der Waals surface area contributed by atoms with Gasteiger partial charge < -0.3 is 5.73 Å². The maximum absolute atomic E-state index is 11.4. The van der Waals surface area contributed by atoms with Gasteiger partial charge in [-0.2, -0.15) is 0 Å². The van der Waals surface area contributed by atoms with E-state index in [2.05, 4.69) is 27.7 Å². The molecule has 0 spiro atoms. The largest absolute Gasteiger partial charge is 0.369 e. The number of primary amides is 1. The van der Waals surface area contributed by atoms with Gasteiger partial charge in [0.1, 0.15) is 0 Å². The van der Waals surface area contributed by atoms with Crippen molar-refractivity contribution in [2.24, 2.45) is 17.1 Å². The van der Waals surface area contributed by atoms with Crippen LogP contribution < -0.4 is 5.73 Å². The fourth-order valence-electron chi connectivity index (χ4n) is 2.72. The van der Waals surface area contributed by atoms with Crippen LogP contribution in [0.4, 0.5) is 0 Å². The third kappa shape index (κ3) is 1.85. The molecular formula is C13H21NO. The summed E-state index contributed by atoms with van der Waals surface area (Å²) in [7, 11) is 0. The first-order valence-electron chi connectivity index (χ1n) is 5.65. The van der Waals surface area contributed by atoms with E-state index in [0.717, 1.165) is 12.8 Å². The highest BCUT2D eigenvalue weighted by Gasteiger charge is 2.39. The summed E-state index contributed by atoms with van der Waals surface area (Å²) < 4.78 is 0. The number of hydrogen-bond acceptors (Lipinski definition) is 1. The SMILES string of the molecule is CCC1=C(C)C=CC(C(N)=O)C1(C)CC. The van der Waals surface area contributed by atoms with Crippen molar-refractivity contribution in [1.82, 2.24) is 0 Å². The summed E-state index contributed by atoms with van der Waals surface area (Å²) in [5, 5.41) is 0. The van der Waals surface area contributed by atoms with Gasteiger partial charge in [0.05, 0.1) is 5.92 Å². The summed E-state index contributed by atoms with van der Waals surface area (Å²) in [6.45, 7) is 8.52. The van der Waals surface area contributed by atoms with Gasteiger partial charge in [-0.3, -0.25) is 4.79 Å². The molecule has 0 aromatic rings. The molecule has 2 atom stereocenters. The van der Waals surface area contributed by atoms with Crippen LogP contribution in [0.1, 0.15) is 40.5 Å². The molecule has 0 saturated carbocycles. The van der Waals surface area contributed by atoms with Gasteiger partial charge in [-0.05, 0) is 19.8 Å². The van der Waals surface area contributed by atoms with Crippen molar-refractivity contribution in [3.63, 3.8) is 0 Å². The normalized spacial score (nSPS) is 30.8. The Kier molecular flexibility index (Phi) is 3.38. The summed E-state index contributed by atoms with van der Waals surface area (Å²) in [5.74, 6) is -0.366. The van der Waals surface area contributed by atoms with Crippen molar-refractivity contribution in [3.8, 4) is 0 Å². The molecule has 84 valence electrons. The molecule has 0 heterocycles. The van der Waals surface area contributed by atoms with Gasteiger partial charge in [0.25, 0.3) is 0 Å². The zero-order valence-corrected chi connectivity index (χ0v) is 10.1. The quantitative estimate of drug-likeness (QED) is 0.759. The summed E-state index contributed by atoms with van der Waals surface area (Å²) in [5.41, 5.74) is 8.05. The van der Waals surface area contributed by atoms with Crippen LogP contribution in [-0.2, 0) is 4.79 Å². The number of allylic oxidation sites excluding steroid dienone is 3. The first-order chi connectivity index (χ1) is 6.97. The second-order valence-corrected chi connectivity index (χ2v) is 4.53.